The molecule has 310 valence electrons. The highest BCUT2D eigenvalue weighted by Gasteiger charge is 2.27. The van der Waals surface area contributed by atoms with E-state index in [9.17, 15) is 32.8 Å². The number of nitrogens with zero attached hydrogens (tertiary/aromatic N) is 7. The average Bonchev–Trinajstić information content (AvgIpc) is 3.49. The van der Waals surface area contributed by atoms with Crippen LogP contribution in [0.3, 0.4) is 0 Å². The highest BCUT2D eigenvalue weighted by Crippen LogP contribution is 2.31. The molecular formula is C40H38F2N10O6S2. The number of amides is 5. The monoisotopic (exact) mass is 856 g/mol. The zero-order valence-electron chi connectivity index (χ0n) is 32.2. The van der Waals surface area contributed by atoms with Crippen molar-refractivity contribution in [2.45, 2.75) is 12.8 Å². The fourth-order valence-electron chi connectivity index (χ4n) is 6.61. The van der Waals surface area contributed by atoms with Crippen molar-refractivity contribution >= 4 is 75.7 Å². The lowest BCUT2D eigenvalue weighted by Crippen LogP contribution is -2.35. The lowest BCUT2D eigenvalue weighted by Gasteiger charge is -2.22. The van der Waals surface area contributed by atoms with E-state index in [4.69, 9.17) is 4.74 Å². The molecule has 0 atom stereocenters. The summed E-state index contributed by atoms with van der Waals surface area (Å²) in [4.78, 5) is 81.9. The van der Waals surface area contributed by atoms with Gasteiger partial charge in [-0.3, -0.25) is 39.8 Å². The SMILES string of the molecule is COC(=O)N1CCCN(c2cncc(-c3cc(/C=C4\SC(=O)NC4=O)ccc3F)n2)CC1.O=C1NC(=O)/C(=C/c2ccc(F)c(-c3cncc(N4CCCNCC4)n3)c2)S1. The van der Waals surface area contributed by atoms with E-state index in [0.717, 1.165) is 62.5 Å². The molecule has 60 heavy (non-hydrogen) atoms. The van der Waals surface area contributed by atoms with E-state index in [1.165, 1.54) is 43.8 Å². The van der Waals surface area contributed by atoms with E-state index in [1.54, 1.807) is 41.6 Å². The van der Waals surface area contributed by atoms with Crippen molar-refractivity contribution in [3.63, 3.8) is 0 Å². The predicted molar refractivity (Wildman–Crippen MR) is 224 cm³/mol. The number of carbonyl (C=O) groups excluding carboxylic acids is 5. The normalized spacial score (nSPS) is 18.5. The Morgan fingerprint density at radius 1 is 0.683 bits per heavy atom. The molecule has 0 bridgehead atoms. The number of carbonyl (C=O) groups is 5. The van der Waals surface area contributed by atoms with Crippen LogP contribution in [0, 0.1) is 11.6 Å². The smallest absolute Gasteiger partial charge is 0.409 e. The average molecular weight is 857 g/mol. The van der Waals surface area contributed by atoms with Crippen molar-refractivity contribution in [1.29, 1.82) is 0 Å². The Balaban J connectivity index is 0.000000183. The van der Waals surface area contributed by atoms with Crippen LogP contribution in [0.2, 0.25) is 0 Å². The fraction of sp³-hybridized carbons (Fsp3) is 0.275. The topological polar surface area (TPSA) is 192 Å². The summed E-state index contributed by atoms with van der Waals surface area (Å²) in [5, 5.41) is 6.88. The zero-order chi connectivity index (χ0) is 42.2. The molecule has 0 saturated carbocycles. The number of hydrogen-bond acceptors (Lipinski definition) is 15. The van der Waals surface area contributed by atoms with Gasteiger partial charge in [0.05, 0.1) is 53.1 Å². The van der Waals surface area contributed by atoms with Gasteiger partial charge in [-0.05, 0) is 90.5 Å². The highest BCUT2D eigenvalue weighted by molar-refractivity contribution is 8.18. The van der Waals surface area contributed by atoms with Crippen molar-refractivity contribution in [3.8, 4) is 22.5 Å². The molecule has 0 radical (unpaired) electrons. The molecule has 0 aliphatic carbocycles. The van der Waals surface area contributed by atoms with E-state index in [0.29, 0.717) is 65.9 Å². The van der Waals surface area contributed by atoms with Crippen LogP contribution in [-0.2, 0) is 14.3 Å². The van der Waals surface area contributed by atoms with Crippen LogP contribution in [0.25, 0.3) is 34.7 Å². The molecule has 4 fully saturated rings. The van der Waals surface area contributed by atoms with Gasteiger partial charge < -0.3 is 24.8 Å². The minimum atomic E-state index is -0.481. The van der Waals surface area contributed by atoms with Gasteiger partial charge in [-0.15, -0.1) is 0 Å². The van der Waals surface area contributed by atoms with Crippen LogP contribution in [0.4, 0.5) is 34.8 Å². The molecule has 4 saturated heterocycles. The van der Waals surface area contributed by atoms with Gasteiger partial charge in [0, 0.05) is 56.9 Å². The predicted octanol–water partition coefficient (Wildman–Crippen LogP) is 5.29. The first-order chi connectivity index (χ1) is 29.0. The van der Waals surface area contributed by atoms with Crippen molar-refractivity contribution in [2.75, 3.05) is 69.3 Å². The molecule has 3 N–H and O–H groups in total. The Hall–Kier alpha value is -6.25. The molecule has 20 heteroatoms. The van der Waals surface area contributed by atoms with Gasteiger partial charge in [0.1, 0.15) is 23.3 Å². The molecule has 2 aromatic carbocycles. The van der Waals surface area contributed by atoms with Crippen LogP contribution >= 0.6 is 23.5 Å². The zero-order valence-corrected chi connectivity index (χ0v) is 33.8. The third-order valence-corrected chi connectivity index (χ3v) is 11.2. The molecule has 0 unspecified atom stereocenters. The van der Waals surface area contributed by atoms with E-state index in [2.05, 4.69) is 40.8 Å². The molecule has 4 aliphatic heterocycles. The molecule has 0 spiro atoms. The third-order valence-electron chi connectivity index (χ3n) is 9.57. The summed E-state index contributed by atoms with van der Waals surface area (Å²) in [5.74, 6) is -0.543. The number of rotatable bonds is 6. The minimum Gasteiger partial charge on any atom is -0.453 e. The summed E-state index contributed by atoms with van der Waals surface area (Å²) >= 11 is 1.62. The minimum absolute atomic E-state index is 0.231. The van der Waals surface area contributed by atoms with Crippen LogP contribution in [-0.4, -0.2) is 113 Å². The van der Waals surface area contributed by atoms with Crippen LogP contribution in [0.5, 0.6) is 0 Å². The van der Waals surface area contributed by atoms with Crippen LogP contribution < -0.4 is 25.8 Å². The number of nitrogens with one attached hydrogen (secondary N) is 3. The van der Waals surface area contributed by atoms with Gasteiger partial charge in [-0.1, -0.05) is 12.1 Å². The summed E-state index contributed by atoms with van der Waals surface area (Å²) in [7, 11) is 1.36. The maximum Gasteiger partial charge on any atom is 0.409 e. The van der Waals surface area contributed by atoms with Gasteiger partial charge in [0.25, 0.3) is 22.3 Å². The lowest BCUT2D eigenvalue weighted by atomic mass is 10.1. The summed E-state index contributed by atoms with van der Waals surface area (Å²) in [6.45, 7) is 5.77. The molecule has 2 aromatic heterocycles. The standard InChI is InChI=1S/C21H20FN5O4S.C19H18FN5O2S/c1-31-21(30)27-6-2-5-26(7-8-27)18-12-23-11-16(24-18)14-9-13(3-4-15(14)22)10-17-19(28)25-20(29)32-17;20-14-3-2-12(9-16-18(26)24-19(27)28-16)8-13(14)15-10-22-11-17(23-15)25-6-1-4-21-5-7-25/h3-4,9-12H,2,5-8H2,1H3,(H,25,28,29);2-3,8-11,21H,1,4-7H2,(H,24,26,27)/b17-10-;16-9-. The number of hydrogen-bond donors (Lipinski definition) is 3. The largest absolute Gasteiger partial charge is 0.453 e. The Morgan fingerprint density at radius 3 is 1.73 bits per heavy atom. The second kappa shape index (κ2) is 19.2. The molecule has 4 aliphatic rings. The molecule has 16 nitrogen and oxygen atoms in total. The Kier molecular flexibility index (Phi) is 13.4. The fourth-order valence-corrected chi connectivity index (χ4v) is 7.98. The summed E-state index contributed by atoms with van der Waals surface area (Å²) in [5.41, 5.74) is 2.46. The van der Waals surface area contributed by atoms with Crippen molar-refractivity contribution < 1.29 is 37.5 Å². The van der Waals surface area contributed by atoms with Crippen molar-refractivity contribution in [3.05, 3.63) is 93.8 Å². The highest BCUT2D eigenvalue weighted by atomic mass is 32.2. The number of benzene rings is 2. The number of ether oxygens (including phenoxy) is 1. The van der Waals surface area contributed by atoms with E-state index in [-0.39, 0.29) is 21.5 Å². The number of imide groups is 2. The van der Waals surface area contributed by atoms with Gasteiger partial charge in [-0.25, -0.2) is 23.5 Å². The second-order valence-corrected chi connectivity index (χ2v) is 15.6. The van der Waals surface area contributed by atoms with Crippen molar-refractivity contribution in [2.24, 2.45) is 0 Å². The molecule has 6 heterocycles. The maximum absolute atomic E-state index is 14.6. The number of methoxy groups -OCH3 is 1. The summed E-state index contributed by atoms with van der Waals surface area (Å²) in [6.07, 6.45) is 10.7. The van der Waals surface area contributed by atoms with Gasteiger partial charge >= 0.3 is 6.09 Å². The first-order valence-corrected chi connectivity index (χ1v) is 20.4. The second-order valence-electron chi connectivity index (χ2n) is 13.6. The number of aromatic nitrogens is 4. The Morgan fingerprint density at radius 2 is 1.22 bits per heavy atom. The molecular weight excluding hydrogens is 819 g/mol. The first-order valence-electron chi connectivity index (χ1n) is 18.8. The summed E-state index contributed by atoms with van der Waals surface area (Å²) < 4.78 is 33.9. The maximum atomic E-state index is 14.6. The van der Waals surface area contributed by atoms with Gasteiger partial charge in [0.2, 0.25) is 0 Å². The third kappa shape index (κ3) is 10.3. The quantitative estimate of drug-likeness (QED) is 0.212. The lowest BCUT2D eigenvalue weighted by molar-refractivity contribution is -0.116. The van der Waals surface area contributed by atoms with Crippen LogP contribution in [0.1, 0.15) is 24.0 Å². The number of thioether (sulfide) groups is 2. The van der Waals surface area contributed by atoms with Crippen LogP contribution in [0.15, 0.2) is 71.0 Å². The Bertz CT molecular complexity index is 2390. The Labute approximate surface area is 351 Å². The number of halogens is 2. The van der Waals surface area contributed by atoms with E-state index >= 15 is 0 Å². The number of anilines is 2. The molecule has 4 aromatic rings. The molecule has 5 amide bonds. The molecule has 8 rings (SSSR count). The summed E-state index contributed by atoms with van der Waals surface area (Å²) in [6, 6.07) is 8.86. The van der Waals surface area contributed by atoms with E-state index in [1.807, 2.05) is 4.90 Å². The van der Waals surface area contributed by atoms with Gasteiger partial charge in [0.15, 0.2) is 0 Å². The first kappa shape index (κ1) is 41.9. The van der Waals surface area contributed by atoms with Crippen molar-refractivity contribution in [1.82, 2.24) is 40.8 Å². The van der Waals surface area contributed by atoms with Gasteiger partial charge in [-0.2, -0.15) is 0 Å². The van der Waals surface area contributed by atoms with E-state index < -0.39 is 33.9 Å².